The van der Waals surface area contributed by atoms with Gasteiger partial charge in [0.25, 0.3) is 5.91 Å². The molecule has 1 amide bonds. The van der Waals surface area contributed by atoms with Gasteiger partial charge in [-0.3, -0.25) is 4.79 Å². The molecule has 5 heteroatoms. The minimum atomic E-state index is -0.197. The third kappa shape index (κ3) is 4.06. The number of fused-ring (bicyclic) bond motifs is 1. The van der Waals surface area contributed by atoms with E-state index in [0.29, 0.717) is 11.5 Å². The Balaban J connectivity index is 1.86. The van der Waals surface area contributed by atoms with Gasteiger partial charge in [0.15, 0.2) is 0 Å². The van der Waals surface area contributed by atoms with Gasteiger partial charge in [-0.2, -0.15) is 0 Å². The largest absolute Gasteiger partial charge is 0.392 e. The molecule has 2 aromatic carbocycles. The Morgan fingerprint density at radius 1 is 1.20 bits per heavy atom. The van der Waals surface area contributed by atoms with Crippen LogP contribution in [-0.2, 0) is 6.61 Å². The summed E-state index contributed by atoms with van der Waals surface area (Å²) in [7, 11) is 0. The first-order valence-electron chi connectivity index (χ1n) is 8.52. The number of rotatable bonds is 6. The van der Waals surface area contributed by atoms with E-state index in [1.165, 1.54) is 0 Å². The molecule has 25 heavy (non-hydrogen) atoms. The van der Waals surface area contributed by atoms with E-state index < -0.39 is 0 Å². The second kappa shape index (κ2) is 7.49. The van der Waals surface area contributed by atoms with Gasteiger partial charge in [-0.25, -0.2) is 4.98 Å². The summed E-state index contributed by atoms with van der Waals surface area (Å²) in [6.45, 7) is 4.16. The van der Waals surface area contributed by atoms with Crippen molar-refractivity contribution in [3.63, 3.8) is 0 Å². The van der Waals surface area contributed by atoms with Crippen molar-refractivity contribution < 1.29 is 9.90 Å². The first kappa shape index (κ1) is 17.2. The number of H-pyrrole nitrogens is 1. The lowest BCUT2D eigenvalue weighted by Gasteiger charge is -2.19. The van der Waals surface area contributed by atoms with Crippen molar-refractivity contribution in [2.24, 2.45) is 5.92 Å². The smallest absolute Gasteiger partial charge is 0.251 e. The van der Waals surface area contributed by atoms with Crippen LogP contribution in [0.3, 0.4) is 0 Å². The van der Waals surface area contributed by atoms with Crippen LogP contribution in [0.1, 0.15) is 48.1 Å². The number of aliphatic hydroxyl groups excluding tert-OH is 1. The number of amides is 1. The van der Waals surface area contributed by atoms with Crippen LogP contribution >= 0.6 is 0 Å². The minimum Gasteiger partial charge on any atom is -0.392 e. The van der Waals surface area contributed by atoms with Crippen LogP contribution in [0, 0.1) is 5.92 Å². The van der Waals surface area contributed by atoms with Crippen LogP contribution in [0.15, 0.2) is 48.5 Å². The van der Waals surface area contributed by atoms with E-state index >= 15 is 0 Å². The Bertz CT molecular complexity index is 837. The number of carbonyl (C=O) groups excluding carboxylic acids is 1. The third-order valence-electron chi connectivity index (χ3n) is 4.12. The van der Waals surface area contributed by atoms with Crippen molar-refractivity contribution in [1.29, 1.82) is 0 Å². The zero-order chi connectivity index (χ0) is 17.8. The van der Waals surface area contributed by atoms with E-state index in [2.05, 4.69) is 29.1 Å². The molecule has 0 fully saturated rings. The number of aliphatic hydroxyl groups is 1. The van der Waals surface area contributed by atoms with Crippen molar-refractivity contribution >= 4 is 16.9 Å². The summed E-state index contributed by atoms with van der Waals surface area (Å²) in [5, 5.41) is 12.3. The third-order valence-corrected chi connectivity index (χ3v) is 4.12. The maximum atomic E-state index is 12.7. The number of aromatic nitrogens is 2. The normalized spacial score (nSPS) is 12.5. The monoisotopic (exact) mass is 337 g/mol. The van der Waals surface area contributed by atoms with Gasteiger partial charge >= 0.3 is 0 Å². The Kier molecular flexibility index (Phi) is 5.14. The van der Waals surface area contributed by atoms with Crippen LogP contribution in [0.5, 0.6) is 0 Å². The highest BCUT2D eigenvalue weighted by molar-refractivity contribution is 5.94. The Morgan fingerprint density at radius 3 is 2.72 bits per heavy atom. The molecule has 1 atom stereocenters. The molecule has 1 unspecified atom stereocenters. The van der Waals surface area contributed by atoms with Crippen LogP contribution in [0.25, 0.3) is 11.0 Å². The second-order valence-electron chi connectivity index (χ2n) is 6.65. The number of aromatic amines is 1. The quantitative estimate of drug-likeness (QED) is 0.643. The van der Waals surface area contributed by atoms with Crippen molar-refractivity contribution in [3.8, 4) is 0 Å². The molecule has 0 aliphatic heterocycles. The lowest BCUT2D eigenvalue weighted by molar-refractivity contribution is 0.0930. The van der Waals surface area contributed by atoms with Gasteiger partial charge in [0.1, 0.15) is 5.82 Å². The Labute approximate surface area is 147 Å². The highest BCUT2D eigenvalue weighted by Crippen LogP contribution is 2.22. The predicted molar refractivity (Wildman–Crippen MR) is 98.1 cm³/mol. The summed E-state index contributed by atoms with van der Waals surface area (Å²) < 4.78 is 0. The average molecular weight is 337 g/mol. The van der Waals surface area contributed by atoms with Gasteiger partial charge in [0.2, 0.25) is 0 Å². The number of hydrogen-bond donors (Lipinski definition) is 3. The highest BCUT2D eigenvalue weighted by atomic mass is 16.3. The molecule has 0 aliphatic carbocycles. The summed E-state index contributed by atoms with van der Waals surface area (Å²) >= 11 is 0. The van der Waals surface area contributed by atoms with Gasteiger partial charge in [-0.15, -0.1) is 0 Å². The molecule has 3 N–H and O–H groups in total. The van der Waals surface area contributed by atoms with Gasteiger partial charge in [-0.05, 0) is 42.2 Å². The zero-order valence-corrected chi connectivity index (χ0v) is 14.5. The first-order chi connectivity index (χ1) is 12.1. The number of nitrogens with zero attached hydrogens (tertiary/aromatic N) is 1. The van der Waals surface area contributed by atoms with Crippen LogP contribution < -0.4 is 5.32 Å². The van der Waals surface area contributed by atoms with Crippen LogP contribution in [-0.4, -0.2) is 21.0 Å². The number of nitrogens with one attached hydrogen (secondary N) is 2. The minimum absolute atomic E-state index is 0.0832. The summed E-state index contributed by atoms with van der Waals surface area (Å²) in [6, 6.07) is 14.7. The lowest BCUT2D eigenvalue weighted by atomic mass is 10.0. The van der Waals surface area contributed by atoms with Crippen LogP contribution in [0.2, 0.25) is 0 Å². The fourth-order valence-electron chi connectivity index (χ4n) is 2.90. The number of hydrogen-bond acceptors (Lipinski definition) is 3. The molecule has 0 radical (unpaired) electrons. The summed E-state index contributed by atoms with van der Waals surface area (Å²) in [4.78, 5) is 20.6. The van der Waals surface area contributed by atoms with E-state index in [-0.39, 0.29) is 18.6 Å². The van der Waals surface area contributed by atoms with E-state index in [9.17, 15) is 9.90 Å². The molecule has 5 nitrogen and oxygen atoms in total. The summed E-state index contributed by atoms with van der Waals surface area (Å²) in [6.07, 6.45) is 0.783. The summed E-state index contributed by atoms with van der Waals surface area (Å²) in [5.74, 6) is 1.00. The fourth-order valence-corrected chi connectivity index (χ4v) is 2.90. The van der Waals surface area contributed by atoms with Crippen molar-refractivity contribution in [3.05, 3.63) is 65.5 Å². The van der Waals surface area contributed by atoms with Crippen molar-refractivity contribution in [2.45, 2.75) is 32.9 Å². The van der Waals surface area contributed by atoms with Crippen LogP contribution in [0.4, 0.5) is 0 Å². The molecule has 130 valence electrons. The maximum absolute atomic E-state index is 12.7. The van der Waals surface area contributed by atoms with Gasteiger partial charge in [-0.1, -0.05) is 38.1 Å². The molecule has 3 rings (SSSR count). The molecule has 1 aromatic heterocycles. The van der Waals surface area contributed by atoms with Crippen molar-refractivity contribution in [2.75, 3.05) is 0 Å². The Hall–Kier alpha value is -2.66. The highest BCUT2D eigenvalue weighted by Gasteiger charge is 2.20. The van der Waals surface area contributed by atoms with Crippen molar-refractivity contribution in [1.82, 2.24) is 15.3 Å². The summed E-state index contributed by atoms with van der Waals surface area (Å²) in [5.41, 5.74) is 3.11. The fraction of sp³-hybridized carbons (Fsp3) is 0.300. The molecule has 3 aromatic rings. The average Bonchev–Trinajstić information content (AvgIpc) is 3.05. The van der Waals surface area contributed by atoms with Gasteiger partial charge < -0.3 is 15.4 Å². The number of carbonyl (C=O) groups is 1. The number of para-hydroxylation sites is 2. The standard InChI is InChI=1S/C20H23N3O2/c1-13(2)10-18(19-21-16-8-3-4-9-17(16)22-19)23-20(25)15-7-5-6-14(11-15)12-24/h3-9,11,13,18,24H,10,12H2,1-2H3,(H,21,22)(H,23,25). The molecule has 1 heterocycles. The van der Waals surface area contributed by atoms with E-state index in [1.54, 1.807) is 24.3 Å². The molecule has 0 spiro atoms. The number of benzene rings is 2. The zero-order valence-electron chi connectivity index (χ0n) is 14.5. The molecular formula is C20H23N3O2. The molecule has 0 saturated carbocycles. The molecule has 0 saturated heterocycles. The predicted octanol–water partition coefficient (Wildman–Crippen LogP) is 3.57. The lowest BCUT2D eigenvalue weighted by Crippen LogP contribution is -2.30. The maximum Gasteiger partial charge on any atom is 0.251 e. The van der Waals surface area contributed by atoms with E-state index in [0.717, 1.165) is 28.8 Å². The first-order valence-corrected chi connectivity index (χ1v) is 8.52. The number of imidazole rings is 1. The molecular weight excluding hydrogens is 314 g/mol. The molecule has 0 bridgehead atoms. The van der Waals surface area contributed by atoms with Gasteiger partial charge in [0, 0.05) is 5.56 Å². The molecule has 0 aliphatic rings. The van der Waals surface area contributed by atoms with E-state index in [1.807, 2.05) is 24.3 Å². The second-order valence-corrected chi connectivity index (χ2v) is 6.65. The Morgan fingerprint density at radius 2 is 2.00 bits per heavy atom. The van der Waals surface area contributed by atoms with E-state index in [4.69, 9.17) is 0 Å². The SMILES string of the molecule is CC(C)CC(NC(=O)c1cccc(CO)c1)c1nc2ccccc2[nH]1. The topological polar surface area (TPSA) is 78.0 Å². The van der Waals surface area contributed by atoms with Gasteiger partial charge in [0.05, 0.1) is 23.7 Å².